The second-order valence-electron chi connectivity index (χ2n) is 24.4. The molecule has 0 amide bonds. The van der Waals surface area contributed by atoms with Crippen molar-refractivity contribution in [1.29, 1.82) is 0 Å². The highest BCUT2D eigenvalue weighted by atomic mass is 14.3. The lowest BCUT2D eigenvalue weighted by Gasteiger charge is -2.26. The van der Waals surface area contributed by atoms with Crippen LogP contribution < -0.4 is 16.4 Å². The molecule has 0 spiro atoms. The van der Waals surface area contributed by atoms with Gasteiger partial charge in [-0.05, 0) is 100 Å². The average Bonchev–Trinajstić information content (AvgIpc) is 1.58. The highest BCUT2D eigenvalue weighted by molar-refractivity contribution is 7.13. The number of rotatable bonds is 15. The van der Waals surface area contributed by atoms with Crippen molar-refractivity contribution in [3.63, 3.8) is 0 Å². The van der Waals surface area contributed by atoms with Crippen molar-refractivity contribution in [3.8, 4) is 0 Å². The molecule has 3 aliphatic heterocycles. The number of allylic oxidation sites excluding steroid dienone is 6. The molecule has 16 rings (SSSR count). The van der Waals surface area contributed by atoms with E-state index in [1.165, 1.54) is 149 Å². The van der Waals surface area contributed by atoms with E-state index in [2.05, 4.69) is 382 Å². The molecular weight excluding hydrogens is 1110 g/mol. The highest BCUT2D eigenvalue weighted by Gasteiger charge is 2.46. The van der Waals surface area contributed by atoms with Gasteiger partial charge in [-0.2, -0.15) is 0 Å². The summed E-state index contributed by atoms with van der Waals surface area (Å²) in [4.78, 5) is 0. The molecule has 3 heterocycles. The van der Waals surface area contributed by atoms with Gasteiger partial charge in [0.05, 0.1) is 0 Å². The van der Waals surface area contributed by atoms with Crippen LogP contribution in [0.2, 0.25) is 0 Å². The topological polar surface area (TPSA) is 0 Å². The Balaban J connectivity index is 1.12. The van der Waals surface area contributed by atoms with Crippen molar-refractivity contribution >= 4 is 103 Å². The largest absolute Gasteiger partial charge is 0.244 e. The molecule has 0 fully saturated rings. The van der Waals surface area contributed by atoms with Crippen LogP contribution in [0.3, 0.4) is 0 Å². The van der Waals surface area contributed by atoms with Crippen molar-refractivity contribution in [2.45, 2.75) is 0 Å². The molecule has 13 aromatic rings. The molecule has 0 radical (unpaired) electrons. The summed E-state index contributed by atoms with van der Waals surface area (Å²) in [6, 6.07) is 143. The van der Waals surface area contributed by atoms with E-state index in [0.717, 1.165) is 0 Å². The van der Waals surface area contributed by atoms with Crippen LogP contribution in [-0.2, 0) is 0 Å². The lowest BCUT2D eigenvalue weighted by Crippen LogP contribution is -2.46. The molecule has 93 heavy (non-hydrogen) atoms. The molecule has 432 valence electrons. The Kier molecular flexibility index (Phi) is 15.5. The second kappa shape index (κ2) is 25.4. The van der Waals surface area contributed by atoms with Gasteiger partial charge in [-0.1, -0.05) is 431 Å². The van der Waals surface area contributed by atoms with E-state index in [1.807, 2.05) is 0 Å². The van der Waals surface area contributed by atoms with E-state index in [-0.39, 0.29) is 20.1 Å². The van der Waals surface area contributed by atoms with Crippen LogP contribution in [0.5, 0.6) is 0 Å². The fourth-order valence-corrected chi connectivity index (χ4v) is 15.3. The fraction of sp³-hybridized carbons (Fsp3) is 0. The highest BCUT2D eigenvalue weighted by Crippen LogP contribution is 2.55. The molecular formula is C90H63B3. The van der Waals surface area contributed by atoms with Gasteiger partial charge >= 0.3 is 0 Å². The first kappa shape index (κ1) is 56.7. The minimum atomic E-state index is -0.271. The molecule has 0 saturated carbocycles. The SMILES string of the molecule is c1ccc(C2=C(c3ccccc3)C(c3ccccc3)=C(c3ccccc3)B2c2cc(B3C(c4ccccc4)=C(c4ccccc4)C(c4ccccc4)=C3c3ccccc3)cc(B3C(c4ccccc4)=C(c4ccccc4)C(c4ccccc4)=C3c3ccccc3)c2)cc1. The van der Waals surface area contributed by atoms with Gasteiger partial charge in [0.25, 0.3) is 0 Å². The van der Waals surface area contributed by atoms with Gasteiger partial charge in [0.15, 0.2) is 0 Å². The summed E-state index contributed by atoms with van der Waals surface area (Å²) < 4.78 is 0. The predicted octanol–water partition coefficient (Wildman–Crippen LogP) is 19.7. The first-order valence-electron chi connectivity index (χ1n) is 32.5. The van der Waals surface area contributed by atoms with E-state index >= 15 is 0 Å². The van der Waals surface area contributed by atoms with Crippen LogP contribution >= 0.6 is 0 Å². The molecule has 0 nitrogen and oxygen atoms in total. The molecule has 0 saturated heterocycles. The lowest BCUT2D eigenvalue weighted by atomic mass is 9.29. The summed E-state index contributed by atoms with van der Waals surface area (Å²) in [7, 11) is 0. The Hall–Kier alpha value is -11.5. The molecule has 0 atom stereocenters. The van der Waals surface area contributed by atoms with Crippen LogP contribution in [-0.4, -0.2) is 20.1 Å². The van der Waals surface area contributed by atoms with Crippen LogP contribution in [0.15, 0.2) is 382 Å². The fourth-order valence-electron chi connectivity index (χ4n) is 15.3. The predicted molar refractivity (Wildman–Crippen MR) is 401 cm³/mol. The van der Waals surface area contributed by atoms with Gasteiger partial charge in [-0.15, -0.1) is 0 Å². The number of hydrogen-bond donors (Lipinski definition) is 0. The van der Waals surface area contributed by atoms with Crippen molar-refractivity contribution in [3.05, 3.63) is 449 Å². The zero-order valence-electron chi connectivity index (χ0n) is 51.6. The first-order valence-corrected chi connectivity index (χ1v) is 32.5. The normalized spacial score (nSPS) is 14.1. The third-order valence-corrected chi connectivity index (χ3v) is 19.0. The number of hydrogen-bond acceptors (Lipinski definition) is 0. The zero-order chi connectivity index (χ0) is 61.9. The van der Waals surface area contributed by atoms with Gasteiger partial charge in [-0.25, -0.2) is 0 Å². The van der Waals surface area contributed by atoms with Gasteiger partial charge in [0.1, 0.15) is 0 Å². The van der Waals surface area contributed by atoms with Crippen molar-refractivity contribution in [2.24, 2.45) is 0 Å². The van der Waals surface area contributed by atoms with E-state index in [4.69, 9.17) is 0 Å². The molecule has 0 aromatic heterocycles. The molecule has 0 unspecified atom stereocenters. The Morgan fingerprint density at radius 1 is 0.118 bits per heavy atom. The standard InChI is InChI=1S/C90H63B3/c1-13-37-64(38-14-1)79-80(65-39-15-2-16-40-65)86(71-51-27-8-28-52-71)91(85(79)70-49-25-7-26-50-70)76-61-77(92-87(72-53-29-9-30-54-72)81(66-41-17-3-18-42-66)82(67-43-19-4-20-44-67)88(92)73-55-31-10-32-56-73)63-78(62-76)93-89(74-57-33-11-34-58-74)83(68-45-21-5-22-46-68)84(69-47-23-6-24-48-69)90(93)75-59-35-12-36-60-75/h1-63H. The van der Waals surface area contributed by atoms with E-state index < -0.39 is 0 Å². The summed E-state index contributed by atoms with van der Waals surface area (Å²) >= 11 is 0. The molecule has 3 heteroatoms. The summed E-state index contributed by atoms with van der Waals surface area (Å²) in [5.74, 6) is 0. The smallest absolute Gasteiger partial charge is 0.0717 e. The third-order valence-electron chi connectivity index (χ3n) is 19.0. The average molecular weight is 1180 g/mol. The first-order chi connectivity index (χ1) is 46.2. The minimum Gasteiger partial charge on any atom is -0.0717 e. The molecule has 13 aromatic carbocycles. The Labute approximate surface area is 548 Å². The summed E-state index contributed by atoms with van der Waals surface area (Å²) in [6.07, 6.45) is 0. The molecule has 0 N–H and O–H groups in total. The second-order valence-corrected chi connectivity index (χ2v) is 24.4. The van der Waals surface area contributed by atoms with Crippen LogP contribution in [0.25, 0.3) is 66.3 Å². The maximum atomic E-state index is 2.65. The van der Waals surface area contributed by atoms with Crippen molar-refractivity contribution in [2.75, 3.05) is 0 Å². The third kappa shape index (κ3) is 10.6. The maximum Gasteiger partial charge on any atom is 0.244 e. The molecule has 0 aliphatic carbocycles. The van der Waals surface area contributed by atoms with Crippen molar-refractivity contribution in [1.82, 2.24) is 0 Å². The molecule has 0 bridgehead atoms. The van der Waals surface area contributed by atoms with Crippen LogP contribution in [0, 0.1) is 0 Å². The Morgan fingerprint density at radius 2 is 0.226 bits per heavy atom. The Morgan fingerprint density at radius 3 is 0.344 bits per heavy atom. The summed E-state index contributed by atoms with van der Waals surface area (Å²) in [5.41, 5.74) is 33.0. The van der Waals surface area contributed by atoms with Gasteiger partial charge in [-0.3, -0.25) is 0 Å². The van der Waals surface area contributed by atoms with Crippen LogP contribution in [0.4, 0.5) is 0 Å². The van der Waals surface area contributed by atoms with Crippen LogP contribution in [0.1, 0.15) is 66.8 Å². The van der Waals surface area contributed by atoms with E-state index in [1.54, 1.807) is 0 Å². The summed E-state index contributed by atoms with van der Waals surface area (Å²) in [6.45, 7) is -0.812. The zero-order valence-corrected chi connectivity index (χ0v) is 51.6. The summed E-state index contributed by atoms with van der Waals surface area (Å²) in [5, 5.41) is 0. The monoisotopic (exact) mass is 1180 g/mol. The van der Waals surface area contributed by atoms with E-state index in [0.29, 0.717) is 0 Å². The van der Waals surface area contributed by atoms with E-state index in [9.17, 15) is 0 Å². The Bertz CT molecular complexity index is 4210. The van der Waals surface area contributed by atoms with Gasteiger partial charge in [0.2, 0.25) is 20.1 Å². The lowest BCUT2D eigenvalue weighted by molar-refractivity contribution is 1.58. The van der Waals surface area contributed by atoms with Gasteiger partial charge in [0, 0.05) is 0 Å². The minimum absolute atomic E-state index is 0.271. The quantitative estimate of drug-likeness (QED) is 0.0898. The molecule has 3 aliphatic rings. The van der Waals surface area contributed by atoms with Gasteiger partial charge < -0.3 is 0 Å². The van der Waals surface area contributed by atoms with Crippen molar-refractivity contribution < 1.29 is 0 Å². The number of benzene rings is 13. The maximum absolute atomic E-state index is 2.65.